The fourth-order valence-corrected chi connectivity index (χ4v) is 2.75. The Morgan fingerprint density at radius 2 is 1.64 bits per heavy atom. The Morgan fingerprint density at radius 3 is 2.09 bits per heavy atom. The van der Waals surface area contributed by atoms with Crippen molar-refractivity contribution in [2.75, 3.05) is 13.1 Å². The van der Waals surface area contributed by atoms with Crippen LogP contribution in [0.15, 0.2) is 24.3 Å². The van der Waals surface area contributed by atoms with Crippen molar-refractivity contribution < 1.29 is 19.2 Å². The van der Waals surface area contributed by atoms with Crippen molar-refractivity contribution in [2.24, 2.45) is 0 Å². The van der Waals surface area contributed by atoms with Crippen molar-refractivity contribution in [2.45, 2.75) is 44.8 Å². The highest BCUT2D eigenvalue weighted by Gasteiger charge is 2.51. The number of nitrogens with zero attached hydrogens (tertiary/aromatic N) is 1. The summed E-state index contributed by atoms with van der Waals surface area (Å²) in [7, 11) is -0.351. The monoisotopic (exact) mass is 303 g/mol. The van der Waals surface area contributed by atoms with E-state index in [0.717, 1.165) is 11.0 Å². The minimum absolute atomic E-state index is 0.295. The Morgan fingerprint density at radius 1 is 1.14 bits per heavy atom. The fourth-order valence-electron chi connectivity index (χ4n) is 2.75. The van der Waals surface area contributed by atoms with Gasteiger partial charge in [0.05, 0.1) is 11.2 Å². The summed E-state index contributed by atoms with van der Waals surface area (Å²) in [6.45, 7) is 9.30. The van der Waals surface area contributed by atoms with Crippen LogP contribution in [0.4, 0.5) is 4.79 Å². The van der Waals surface area contributed by atoms with E-state index in [-0.39, 0.29) is 18.3 Å². The molecule has 0 unspecified atom stereocenters. The predicted octanol–water partition coefficient (Wildman–Crippen LogP) is 2.06. The minimum Gasteiger partial charge on any atom is -0.465 e. The molecule has 3 rings (SSSR count). The standard InChI is InChI=1S/C16H22BNO4/c1-15(2)16(3,4)22-17(21-15)13-7-5-11(6-8-13)12-9-18(10-12)14(19)20/h5-8,12H,9-10H2,1-4H3,(H,19,20). The third kappa shape index (κ3) is 2.50. The number of rotatable bonds is 2. The smallest absolute Gasteiger partial charge is 0.465 e. The van der Waals surface area contributed by atoms with Gasteiger partial charge in [-0.05, 0) is 38.7 Å². The van der Waals surface area contributed by atoms with Gasteiger partial charge in [0.15, 0.2) is 0 Å². The Balaban J connectivity index is 1.67. The summed E-state index contributed by atoms with van der Waals surface area (Å²) in [5, 5.41) is 8.88. The van der Waals surface area contributed by atoms with Crippen LogP contribution in [-0.4, -0.2) is 47.5 Å². The summed E-state index contributed by atoms with van der Waals surface area (Å²) in [5.74, 6) is 0.295. The third-order valence-electron chi connectivity index (χ3n) is 5.09. The molecule has 0 bridgehead atoms. The van der Waals surface area contributed by atoms with Gasteiger partial charge in [-0.2, -0.15) is 0 Å². The van der Waals surface area contributed by atoms with Crippen LogP contribution < -0.4 is 5.46 Å². The van der Waals surface area contributed by atoms with Gasteiger partial charge in [-0.15, -0.1) is 0 Å². The number of hydrogen-bond donors (Lipinski definition) is 1. The minimum atomic E-state index is -0.843. The fraction of sp³-hybridized carbons (Fsp3) is 0.562. The molecular formula is C16H22BNO4. The van der Waals surface area contributed by atoms with Crippen LogP contribution in [0, 0.1) is 0 Å². The molecule has 2 aliphatic rings. The molecule has 0 aliphatic carbocycles. The first-order chi connectivity index (χ1) is 10.2. The van der Waals surface area contributed by atoms with Crippen LogP contribution in [0.5, 0.6) is 0 Å². The number of amides is 1. The molecule has 6 heteroatoms. The molecule has 1 amide bonds. The lowest BCUT2D eigenvalue weighted by molar-refractivity contribution is 0.00578. The van der Waals surface area contributed by atoms with Crippen molar-refractivity contribution in [3.63, 3.8) is 0 Å². The molecule has 1 aromatic rings. The van der Waals surface area contributed by atoms with Gasteiger partial charge < -0.3 is 19.3 Å². The zero-order valence-corrected chi connectivity index (χ0v) is 13.5. The van der Waals surface area contributed by atoms with Gasteiger partial charge in [-0.25, -0.2) is 4.79 Å². The lowest BCUT2D eigenvalue weighted by Gasteiger charge is -2.37. The summed E-state index contributed by atoms with van der Waals surface area (Å²) in [6, 6.07) is 8.12. The molecule has 5 nitrogen and oxygen atoms in total. The molecule has 0 spiro atoms. The van der Waals surface area contributed by atoms with Crippen molar-refractivity contribution in [3.05, 3.63) is 29.8 Å². The largest absolute Gasteiger partial charge is 0.494 e. The Bertz CT molecular complexity index is 562. The Labute approximate surface area is 131 Å². The highest BCUT2D eigenvalue weighted by molar-refractivity contribution is 6.62. The predicted molar refractivity (Wildman–Crippen MR) is 84.5 cm³/mol. The number of carbonyl (C=O) groups is 1. The molecule has 1 N–H and O–H groups in total. The van der Waals surface area contributed by atoms with E-state index >= 15 is 0 Å². The topological polar surface area (TPSA) is 59.0 Å². The normalized spacial score (nSPS) is 23.5. The second kappa shape index (κ2) is 5.00. The SMILES string of the molecule is CC1(C)OB(c2ccc(C3CN(C(=O)O)C3)cc2)OC1(C)C. The van der Waals surface area contributed by atoms with Gasteiger partial charge in [0, 0.05) is 19.0 Å². The van der Waals surface area contributed by atoms with Crippen LogP contribution in [-0.2, 0) is 9.31 Å². The summed E-state index contributed by atoms with van der Waals surface area (Å²) in [5.41, 5.74) is 1.48. The maximum Gasteiger partial charge on any atom is 0.494 e. The van der Waals surface area contributed by atoms with Gasteiger partial charge >= 0.3 is 13.2 Å². The van der Waals surface area contributed by atoms with E-state index < -0.39 is 6.09 Å². The maximum atomic E-state index is 10.8. The van der Waals surface area contributed by atoms with Crippen molar-refractivity contribution in [3.8, 4) is 0 Å². The molecule has 2 aliphatic heterocycles. The second-order valence-electron chi connectivity index (χ2n) is 7.14. The van der Waals surface area contributed by atoms with Crippen molar-refractivity contribution in [1.82, 2.24) is 4.90 Å². The first kappa shape index (κ1) is 15.4. The molecule has 0 saturated carbocycles. The summed E-state index contributed by atoms with van der Waals surface area (Å²) < 4.78 is 12.1. The Kier molecular flexibility index (Phi) is 3.49. The summed E-state index contributed by atoms with van der Waals surface area (Å²) in [4.78, 5) is 12.2. The first-order valence-electron chi connectivity index (χ1n) is 7.63. The third-order valence-corrected chi connectivity index (χ3v) is 5.09. The molecule has 118 valence electrons. The van der Waals surface area contributed by atoms with E-state index in [4.69, 9.17) is 14.4 Å². The molecular weight excluding hydrogens is 281 g/mol. The molecule has 22 heavy (non-hydrogen) atoms. The van der Waals surface area contributed by atoms with E-state index in [0.29, 0.717) is 19.0 Å². The molecule has 2 heterocycles. The van der Waals surface area contributed by atoms with Crippen molar-refractivity contribution >= 4 is 18.7 Å². The average Bonchev–Trinajstić information content (AvgIpc) is 2.57. The molecule has 0 atom stereocenters. The van der Waals surface area contributed by atoms with E-state index in [2.05, 4.69) is 0 Å². The second-order valence-corrected chi connectivity index (χ2v) is 7.14. The molecule has 0 aromatic heterocycles. The highest BCUT2D eigenvalue weighted by atomic mass is 16.7. The van der Waals surface area contributed by atoms with Crippen LogP contribution in [0.3, 0.4) is 0 Å². The van der Waals surface area contributed by atoms with Crippen LogP contribution in [0.1, 0.15) is 39.2 Å². The van der Waals surface area contributed by atoms with Gasteiger partial charge in [0.2, 0.25) is 0 Å². The van der Waals surface area contributed by atoms with Gasteiger partial charge in [0.1, 0.15) is 0 Å². The quantitative estimate of drug-likeness (QED) is 0.850. The van der Waals surface area contributed by atoms with Crippen molar-refractivity contribution in [1.29, 1.82) is 0 Å². The zero-order chi connectivity index (χ0) is 16.1. The number of likely N-dealkylation sites (tertiary alicyclic amines) is 1. The number of benzene rings is 1. The molecule has 0 radical (unpaired) electrons. The highest BCUT2D eigenvalue weighted by Crippen LogP contribution is 2.36. The van der Waals surface area contributed by atoms with Crippen LogP contribution in [0.2, 0.25) is 0 Å². The van der Waals surface area contributed by atoms with E-state index in [9.17, 15) is 4.79 Å². The van der Waals surface area contributed by atoms with E-state index in [1.165, 1.54) is 4.90 Å². The van der Waals surface area contributed by atoms with E-state index in [1.54, 1.807) is 0 Å². The molecule has 2 saturated heterocycles. The molecule has 1 aromatic carbocycles. The zero-order valence-electron chi connectivity index (χ0n) is 13.5. The molecule has 2 fully saturated rings. The summed E-state index contributed by atoms with van der Waals surface area (Å²) >= 11 is 0. The van der Waals surface area contributed by atoms with Crippen LogP contribution in [0.25, 0.3) is 0 Å². The number of hydrogen-bond acceptors (Lipinski definition) is 3. The Hall–Kier alpha value is -1.53. The lowest BCUT2D eigenvalue weighted by atomic mass is 9.78. The van der Waals surface area contributed by atoms with Gasteiger partial charge in [-0.1, -0.05) is 24.3 Å². The first-order valence-corrected chi connectivity index (χ1v) is 7.63. The van der Waals surface area contributed by atoms with Gasteiger partial charge in [0.25, 0.3) is 0 Å². The van der Waals surface area contributed by atoms with E-state index in [1.807, 2.05) is 52.0 Å². The average molecular weight is 303 g/mol. The number of carboxylic acid groups (broad SMARTS) is 1. The summed E-state index contributed by atoms with van der Waals surface area (Å²) in [6.07, 6.45) is -0.843. The maximum absolute atomic E-state index is 10.8. The lowest BCUT2D eigenvalue weighted by Crippen LogP contribution is -2.47. The van der Waals surface area contributed by atoms with Gasteiger partial charge in [-0.3, -0.25) is 0 Å². The van der Waals surface area contributed by atoms with Crippen LogP contribution >= 0.6 is 0 Å².